The molecule has 0 aromatic heterocycles. The van der Waals surface area contributed by atoms with E-state index < -0.39 is 6.04 Å². The molecule has 30 heavy (non-hydrogen) atoms. The lowest BCUT2D eigenvalue weighted by molar-refractivity contribution is -0.120. The highest BCUT2D eigenvalue weighted by Crippen LogP contribution is 2.19. The Kier molecular flexibility index (Phi) is 6.84. The number of nitrogens with one attached hydrogen (secondary N) is 2. The Morgan fingerprint density at radius 2 is 1.83 bits per heavy atom. The van der Waals surface area contributed by atoms with Gasteiger partial charge < -0.3 is 10.2 Å². The number of likely N-dealkylation sites (N-methyl/N-ethyl adjacent to an activating group) is 1. The number of carbonyl (C=O) groups excluding carboxylic acids is 2. The van der Waals surface area contributed by atoms with Crippen LogP contribution in [-0.4, -0.2) is 49.2 Å². The van der Waals surface area contributed by atoms with Crippen LogP contribution in [0.15, 0.2) is 59.6 Å². The summed E-state index contributed by atoms with van der Waals surface area (Å²) in [6.45, 7) is 4.23. The number of para-hydroxylation sites is 1. The van der Waals surface area contributed by atoms with Crippen LogP contribution in [0.2, 0.25) is 0 Å². The van der Waals surface area contributed by atoms with Crippen LogP contribution in [0.5, 0.6) is 0 Å². The lowest BCUT2D eigenvalue weighted by Gasteiger charge is -2.31. The number of hydrogen-bond acceptors (Lipinski definition) is 5. The van der Waals surface area contributed by atoms with Crippen LogP contribution in [-0.2, 0) is 16.0 Å². The predicted molar refractivity (Wildman–Crippen MR) is 119 cm³/mol. The first-order valence-electron chi connectivity index (χ1n) is 10.2. The molecular formula is C23H29N5O2. The van der Waals surface area contributed by atoms with E-state index in [4.69, 9.17) is 0 Å². The standard InChI is InChI=1S/C23H29N5O2/c1-5-17-11-13-18(14-12-17)20(27(3)4)15-24-22(29)21-25-16(2)23(30)28(26-21)19-9-7-6-8-10-19/h6-14,16,20H,5,15H2,1-4H3,(H,24,29)(H,25,26). The lowest BCUT2D eigenvalue weighted by Crippen LogP contribution is -2.58. The summed E-state index contributed by atoms with van der Waals surface area (Å²) < 4.78 is 0. The van der Waals surface area contributed by atoms with Gasteiger partial charge in [0.2, 0.25) is 5.84 Å². The maximum absolute atomic E-state index is 12.8. The minimum absolute atomic E-state index is 0.0216. The Morgan fingerprint density at radius 3 is 2.43 bits per heavy atom. The number of aryl methyl sites for hydroxylation is 1. The second kappa shape index (κ2) is 9.54. The summed E-state index contributed by atoms with van der Waals surface area (Å²) in [5.41, 5.74) is 5.94. The molecule has 0 saturated heterocycles. The second-order valence-electron chi connectivity index (χ2n) is 7.56. The number of amides is 2. The van der Waals surface area contributed by atoms with E-state index in [0.717, 1.165) is 12.0 Å². The van der Waals surface area contributed by atoms with Gasteiger partial charge in [-0.05, 0) is 50.7 Å². The van der Waals surface area contributed by atoms with Crippen LogP contribution < -0.4 is 15.8 Å². The third-order valence-electron chi connectivity index (χ3n) is 5.20. The zero-order valence-corrected chi connectivity index (χ0v) is 17.9. The van der Waals surface area contributed by atoms with Crippen molar-refractivity contribution in [2.45, 2.75) is 32.4 Å². The molecule has 1 heterocycles. The maximum Gasteiger partial charge on any atom is 0.288 e. The van der Waals surface area contributed by atoms with Crippen LogP contribution >= 0.6 is 0 Å². The summed E-state index contributed by atoms with van der Waals surface area (Å²) in [7, 11) is 3.97. The van der Waals surface area contributed by atoms with Gasteiger partial charge in [-0.25, -0.2) is 10.0 Å². The van der Waals surface area contributed by atoms with Crippen LogP contribution in [0.3, 0.4) is 0 Å². The molecule has 0 bridgehead atoms. The number of nitrogens with zero attached hydrogens (tertiary/aromatic N) is 3. The molecular weight excluding hydrogens is 378 g/mol. The second-order valence-corrected chi connectivity index (χ2v) is 7.56. The van der Waals surface area contributed by atoms with Crippen LogP contribution in [0, 0.1) is 0 Å². The number of amidine groups is 1. The number of benzene rings is 2. The highest BCUT2D eigenvalue weighted by molar-refractivity contribution is 6.39. The van der Waals surface area contributed by atoms with E-state index in [1.807, 2.05) is 32.3 Å². The van der Waals surface area contributed by atoms with Crippen molar-refractivity contribution in [2.75, 3.05) is 25.6 Å². The number of anilines is 1. The third-order valence-corrected chi connectivity index (χ3v) is 5.20. The molecule has 0 aliphatic carbocycles. The molecule has 0 saturated carbocycles. The van der Waals surface area contributed by atoms with Crippen LogP contribution in [0.4, 0.5) is 5.69 Å². The fraction of sp³-hybridized carbons (Fsp3) is 0.348. The number of hydrogen-bond donors (Lipinski definition) is 2. The van der Waals surface area contributed by atoms with Crippen molar-refractivity contribution in [3.63, 3.8) is 0 Å². The summed E-state index contributed by atoms with van der Waals surface area (Å²) >= 11 is 0. The smallest absolute Gasteiger partial charge is 0.288 e. The zero-order chi connectivity index (χ0) is 21.7. The highest BCUT2D eigenvalue weighted by Gasteiger charge is 2.31. The van der Waals surface area contributed by atoms with Gasteiger partial charge in [0.25, 0.3) is 11.8 Å². The van der Waals surface area contributed by atoms with Gasteiger partial charge in [-0.2, -0.15) is 0 Å². The number of hydrazine groups is 1. The summed E-state index contributed by atoms with van der Waals surface area (Å²) in [6.07, 6.45) is 0.990. The third kappa shape index (κ3) is 4.86. The van der Waals surface area contributed by atoms with Gasteiger partial charge in [0.15, 0.2) is 0 Å². The van der Waals surface area contributed by atoms with Crippen LogP contribution in [0.25, 0.3) is 0 Å². The normalized spacial score (nSPS) is 17.4. The number of aliphatic imine (C=N–C) groups is 1. The molecule has 2 unspecified atom stereocenters. The van der Waals surface area contributed by atoms with Crippen molar-refractivity contribution >= 4 is 23.3 Å². The van der Waals surface area contributed by atoms with E-state index in [0.29, 0.717) is 12.2 Å². The molecule has 158 valence electrons. The Bertz CT molecular complexity index is 909. The average molecular weight is 408 g/mol. The highest BCUT2D eigenvalue weighted by atomic mass is 16.2. The fourth-order valence-corrected chi connectivity index (χ4v) is 3.35. The quantitative estimate of drug-likeness (QED) is 0.738. The fourth-order valence-electron chi connectivity index (χ4n) is 3.35. The summed E-state index contributed by atoms with van der Waals surface area (Å²) in [5, 5.41) is 4.33. The molecule has 7 heteroatoms. The van der Waals surface area contributed by atoms with Crippen molar-refractivity contribution < 1.29 is 9.59 Å². The minimum Gasteiger partial charge on any atom is -0.347 e. The van der Waals surface area contributed by atoms with E-state index >= 15 is 0 Å². The number of carbonyl (C=O) groups is 2. The monoisotopic (exact) mass is 407 g/mol. The Balaban J connectivity index is 1.70. The SMILES string of the molecule is CCc1ccc(C(CNC(=O)C2=NC(C)C(=O)N(c3ccccc3)N2)N(C)C)cc1. The molecule has 2 N–H and O–H groups in total. The Hall–Kier alpha value is -3.19. The topological polar surface area (TPSA) is 77.0 Å². The molecule has 2 amide bonds. The first-order valence-corrected chi connectivity index (χ1v) is 10.2. The van der Waals surface area contributed by atoms with Gasteiger partial charge in [-0.1, -0.05) is 49.4 Å². The molecule has 2 atom stereocenters. The number of rotatable bonds is 7. The van der Waals surface area contributed by atoms with Gasteiger partial charge in [-0.15, -0.1) is 0 Å². The molecule has 2 aromatic rings. The first-order chi connectivity index (χ1) is 14.4. The first kappa shape index (κ1) is 21.5. The van der Waals surface area contributed by atoms with Crippen molar-refractivity contribution in [2.24, 2.45) is 4.99 Å². The van der Waals surface area contributed by atoms with E-state index in [-0.39, 0.29) is 23.7 Å². The van der Waals surface area contributed by atoms with Gasteiger partial charge in [0, 0.05) is 6.54 Å². The average Bonchev–Trinajstić information content (AvgIpc) is 2.76. The summed E-state index contributed by atoms with van der Waals surface area (Å²) in [6, 6.07) is 17.0. The molecule has 0 fully saturated rings. The van der Waals surface area contributed by atoms with Crippen molar-refractivity contribution in [1.29, 1.82) is 0 Å². The molecule has 7 nitrogen and oxygen atoms in total. The molecule has 1 aliphatic rings. The van der Waals surface area contributed by atoms with Crippen molar-refractivity contribution in [3.8, 4) is 0 Å². The van der Waals surface area contributed by atoms with E-state index in [9.17, 15) is 9.59 Å². The molecule has 0 radical (unpaired) electrons. The Morgan fingerprint density at radius 1 is 1.17 bits per heavy atom. The summed E-state index contributed by atoms with van der Waals surface area (Å²) in [4.78, 5) is 31.6. The van der Waals surface area contributed by atoms with Gasteiger partial charge in [-0.3, -0.25) is 15.0 Å². The van der Waals surface area contributed by atoms with E-state index in [2.05, 4.69) is 51.8 Å². The largest absolute Gasteiger partial charge is 0.347 e. The molecule has 3 rings (SSSR count). The molecule has 2 aromatic carbocycles. The zero-order valence-electron chi connectivity index (χ0n) is 17.9. The van der Waals surface area contributed by atoms with E-state index in [1.54, 1.807) is 19.1 Å². The van der Waals surface area contributed by atoms with E-state index in [1.165, 1.54) is 10.6 Å². The predicted octanol–water partition coefficient (Wildman–Crippen LogP) is 2.31. The van der Waals surface area contributed by atoms with Crippen molar-refractivity contribution in [1.82, 2.24) is 15.6 Å². The Labute approximate surface area is 177 Å². The minimum atomic E-state index is -0.640. The summed E-state index contributed by atoms with van der Waals surface area (Å²) in [5.74, 6) is -0.419. The maximum atomic E-state index is 12.8. The van der Waals surface area contributed by atoms with Crippen molar-refractivity contribution in [3.05, 3.63) is 65.7 Å². The molecule has 0 spiro atoms. The molecule has 1 aliphatic heterocycles. The van der Waals surface area contributed by atoms with Gasteiger partial charge >= 0.3 is 0 Å². The van der Waals surface area contributed by atoms with Crippen LogP contribution in [0.1, 0.15) is 31.0 Å². The van der Waals surface area contributed by atoms with Gasteiger partial charge in [0.05, 0.1) is 11.7 Å². The van der Waals surface area contributed by atoms with Gasteiger partial charge in [0.1, 0.15) is 6.04 Å². The lowest BCUT2D eigenvalue weighted by atomic mass is 10.0.